The lowest BCUT2D eigenvalue weighted by molar-refractivity contribution is -0.145. The summed E-state index contributed by atoms with van der Waals surface area (Å²) >= 11 is 0. The number of pyridine rings is 1. The molecule has 0 aromatic carbocycles. The molecule has 1 aromatic heterocycles. The third-order valence-corrected chi connectivity index (χ3v) is 3.61. The van der Waals surface area contributed by atoms with Crippen LogP contribution in [0.25, 0.3) is 0 Å². The van der Waals surface area contributed by atoms with Crippen molar-refractivity contribution in [2.45, 2.75) is 44.6 Å². The first kappa shape index (κ1) is 13.5. The summed E-state index contributed by atoms with van der Waals surface area (Å²) in [5, 5.41) is 12.1. The molecule has 0 spiro atoms. The van der Waals surface area contributed by atoms with Crippen LogP contribution >= 0.6 is 0 Å². The maximum atomic E-state index is 12.2. The molecule has 1 amide bonds. The molecule has 0 radical (unpaired) electrons. The van der Waals surface area contributed by atoms with E-state index in [2.05, 4.69) is 10.3 Å². The van der Waals surface area contributed by atoms with Crippen molar-refractivity contribution in [3.63, 3.8) is 0 Å². The Morgan fingerprint density at radius 2 is 1.95 bits per heavy atom. The van der Waals surface area contributed by atoms with Crippen LogP contribution in [0, 0.1) is 6.92 Å². The number of rotatable bonds is 3. The molecule has 2 N–H and O–H groups in total. The molecule has 0 unspecified atom stereocenters. The lowest BCUT2D eigenvalue weighted by Gasteiger charge is -2.33. The van der Waals surface area contributed by atoms with Gasteiger partial charge < -0.3 is 10.4 Å². The molecule has 1 fully saturated rings. The van der Waals surface area contributed by atoms with Gasteiger partial charge in [0.2, 0.25) is 0 Å². The van der Waals surface area contributed by atoms with Crippen molar-refractivity contribution in [1.82, 2.24) is 10.3 Å². The fraction of sp³-hybridized carbons (Fsp3) is 0.500. The van der Waals surface area contributed by atoms with E-state index in [1.54, 1.807) is 12.3 Å². The number of nitrogens with one attached hydrogen (secondary N) is 1. The second kappa shape index (κ2) is 5.38. The third-order valence-electron chi connectivity index (χ3n) is 3.61. The number of aromatic nitrogens is 1. The van der Waals surface area contributed by atoms with E-state index in [0.29, 0.717) is 18.4 Å². The fourth-order valence-corrected chi connectivity index (χ4v) is 2.52. The van der Waals surface area contributed by atoms with Crippen molar-refractivity contribution in [1.29, 1.82) is 0 Å². The van der Waals surface area contributed by atoms with Gasteiger partial charge in [0, 0.05) is 12.4 Å². The molecule has 102 valence electrons. The van der Waals surface area contributed by atoms with Crippen LogP contribution in [0.3, 0.4) is 0 Å². The molecule has 0 atom stereocenters. The van der Waals surface area contributed by atoms with Crippen LogP contribution in [0.15, 0.2) is 18.5 Å². The summed E-state index contributed by atoms with van der Waals surface area (Å²) in [6.07, 6.45) is 6.79. The lowest BCUT2D eigenvalue weighted by atomic mass is 9.81. The van der Waals surface area contributed by atoms with E-state index in [4.69, 9.17) is 0 Å². The van der Waals surface area contributed by atoms with Crippen LogP contribution in [0.4, 0.5) is 0 Å². The Morgan fingerprint density at radius 1 is 1.26 bits per heavy atom. The Labute approximate surface area is 112 Å². The summed E-state index contributed by atoms with van der Waals surface area (Å²) in [6.45, 7) is 1.84. The van der Waals surface area contributed by atoms with Gasteiger partial charge in [-0.15, -0.1) is 0 Å². The van der Waals surface area contributed by atoms with Gasteiger partial charge in [0.15, 0.2) is 0 Å². The maximum absolute atomic E-state index is 12.2. The first-order chi connectivity index (χ1) is 9.03. The first-order valence-electron chi connectivity index (χ1n) is 6.51. The average molecular weight is 262 g/mol. The summed E-state index contributed by atoms with van der Waals surface area (Å²) in [6, 6.07) is 1.71. The normalized spacial score (nSPS) is 17.7. The van der Waals surface area contributed by atoms with Gasteiger partial charge >= 0.3 is 5.97 Å². The van der Waals surface area contributed by atoms with E-state index in [-0.39, 0.29) is 5.91 Å². The second-order valence-electron chi connectivity index (χ2n) is 5.15. The molecule has 5 heteroatoms. The van der Waals surface area contributed by atoms with Crippen LogP contribution in [-0.4, -0.2) is 27.5 Å². The number of hydrogen-bond acceptors (Lipinski definition) is 3. The zero-order valence-electron chi connectivity index (χ0n) is 11.0. The third kappa shape index (κ3) is 2.92. The lowest BCUT2D eigenvalue weighted by Crippen LogP contribution is -2.55. The number of carbonyl (C=O) groups is 2. The number of carboxylic acid groups (broad SMARTS) is 1. The zero-order chi connectivity index (χ0) is 13.9. The number of carbonyl (C=O) groups excluding carboxylic acids is 1. The van der Waals surface area contributed by atoms with Crippen LogP contribution < -0.4 is 5.32 Å². The monoisotopic (exact) mass is 262 g/mol. The molecule has 1 aliphatic carbocycles. The minimum Gasteiger partial charge on any atom is -0.480 e. The predicted molar refractivity (Wildman–Crippen MR) is 69.9 cm³/mol. The van der Waals surface area contributed by atoms with E-state index in [9.17, 15) is 14.7 Å². The van der Waals surface area contributed by atoms with Gasteiger partial charge in [0.05, 0.1) is 5.56 Å². The van der Waals surface area contributed by atoms with Crippen molar-refractivity contribution >= 4 is 11.9 Å². The van der Waals surface area contributed by atoms with Crippen molar-refractivity contribution in [3.05, 3.63) is 29.6 Å². The fourth-order valence-electron chi connectivity index (χ4n) is 2.52. The Balaban J connectivity index is 2.18. The Kier molecular flexibility index (Phi) is 3.83. The summed E-state index contributed by atoms with van der Waals surface area (Å²) in [5.41, 5.74) is 0.172. The Hall–Kier alpha value is -1.91. The quantitative estimate of drug-likeness (QED) is 0.872. The van der Waals surface area contributed by atoms with Crippen molar-refractivity contribution < 1.29 is 14.7 Å². The van der Waals surface area contributed by atoms with Gasteiger partial charge in [-0.1, -0.05) is 19.3 Å². The van der Waals surface area contributed by atoms with Gasteiger partial charge in [-0.3, -0.25) is 9.78 Å². The molecule has 0 bridgehead atoms. The number of hydrogen-bond donors (Lipinski definition) is 2. The van der Waals surface area contributed by atoms with E-state index < -0.39 is 11.5 Å². The SMILES string of the molecule is Cc1cncc(C(=O)NC2(C(=O)O)CCCCC2)c1. The standard InChI is InChI=1S/C14H18N2O3/c1-10-7-11(9-15-8-10)12(17)16-14(13(18)19)5-3-2-4-6-14/h7-9H,2-6H2,1H3,(H,16,17)(H,18,19). The van der Waals surface area contributed by atoms with Crippen LogP contribution in [0.2, 0.25) is 0 Å². The minimum atomic E-state index is -1.11. The molecule has 0 saturated heterocycles. The van der Waals surface area contributed by atoms with Gasteiger partial charge in [0.25, 0.3) is 5.91 Å². The van der Waals surface area contributed by atoms with Crippen LogP contribution in [-0.2, 0) is 4.79 Å². The second-order valence-corrected chi connectivity index (χ2v) is 5.15. The summed E-state index contributed by atoms with van der Waals surface area (Å²) in [5.74, 6) is -1.30. The van der Waals surface area contributed by atoms with E-state index in [1.807, 2.05) is 6.92 Å². The molecule has 1 saturated carbocycles. The van der Waals surface area contributed by atoms with Gasteiger partial charge in [0.1, 0.15) is 5.54 Å². The molecular weight excluding hydrogens is 244 g/mol. The van der Waals surface area contributed by atoms with E-state index >= 15 is 0 Å². The molecule has 1 aromatic rings. The number of nitrogens with zero attached hydrogens (tertiary/aromatic N) is 1. The smallest absolute Gasteiger partial charge is 0.329 e. The highest BCUT2D eigenvalue weighted by Crippen LogP contribution is 2.28. The molecule has 2 rings (SSSR count). The molecular formula is C14H18N2O3. The Bertz CT molecular complexity index is 493. The summed E-state index contributed by atoms with van der Waals surface area (Å²) in [7, 11) is 0. The van der Waals surface area contributed by atoms with E-state index in [0.717, 1.165) is 24.8 Å². The Morgan fingerprint density at radius 3 is 2.53 bits per heavy atom. The van der Waals surface area contributed by atoms with E-state index in [1.165, 1.54) is 6.20 Å². The van der Waals surface area contributed by atoms with Gasteiger partial charge in [-0.25, -0.2) is 4.79 Å². The summed E-state index contributed by atoms with van der Waals surface area (Å²) < 4.78 is 0. The number of aryl methyl sites for hydroxylation is 1. The first-order valence-corrected chi connectivity index (χ1v) is 6.51. The molecule has 1 aliphatic rings. The largest absolute Gasteiger partial charge is 0.480 e. The maximum Gasteiger partial charge on any atom is 0.329 e. The minimum absolute atomic E-state index is 0.361. The van der Waals surface area contributed by atoms with Crippen LogP contribution in [0.5, 0.6) is 0 Å². The number of amides is 1. The van der Waals surface area contributed by atoms with Crippen molar-refractivity contribution in [3.8, 4) is 0 Å². The van der Waals surface area contributed by atoms with Gasteiger partial charge in [-0.2, -0.15) is 0 Å². The number of carboxylic acids is 1. The molecule has 1 heterocycles. The molecule has 19 heavy (non-hydrogen) atoms. The predicted octanol–water partition coefficient (Wildman–Crippen LogP) is 1.91. The van der Waals surface area contributed by atoms with Gasteiger partial charge in [-0.05, 0) is 31.4 Å². The average Bonchev–Trinajstić information content (AvgIpc) is 2.39. The number of aliphatic carboxylic acids is 1. The highest BCUT2D eigenvalue weighted by atomic mass is 16.4. The van der Waals surface area contributed by atoms with Crippen LogP contribution in [0.1, 0.15) is 48.0 Å². The van der Waals surface area contributed by atoms with Crippen molar-refractivity contribution in [2.24, 2.45) is 0 Å². The topological polar surface area (TPSA) is 79.3 Å². The highest BCUT2D eigenvalue weighted by Gasteiger charge is 2.41. The summed E-state index contributed by atoms with van der Waals surface area (Å²) in [4.78, 5) is 27.6. The molecule has 5 nitrogen and oxygen atoms in total. The highest BCUT2D eigenvalue weighted by molar-refractivity contribution is 5.97. The zero-order valence-corrected chi connectivity index (χ0v) is 11.0. The van der Waals surface area contributed by atoms with Crippen molar-refractivity contribution in [2.75, 3.05) is 0 Å². The molecule has 0 aliphatic heterocycles.